The van der Waals surface area contributed by atoms with Gasteiger partial charge in [-0.25, -0.2) is 0 Å². The van der Waals surface area contributed by atoms with Gasteiger partial charge < -0.3 is 15.4 Å². The third-order valence-corrected chi connectivity index (χ3v) is 5.78. The fourth-order valence-corrected chi connectivity index (χ4v) is 4.16. The number of thiophene rings is 1. The summed E-state index contributed by atoms with van der Waals surface area (Å²) < 4.78 is 6.57. The monoisotopic (exact) mass is 398 g/mol. The second kappa shape index (κ2) is 7.06. The maximum atomic E-state index is 12.2. The highest BCUT2D eigenvalue weighted by Crippen LogP contribution is 2.36. The summed E-state index contributed by atoms with van der Waals surface area (Å²) in [6.45, 7) is 1.68. The third kappa shape index (κ3) is 3.54. The lowest BCUT2D eigenvalue weighted by Gasteiger charge is -2.23. The molecule has 1 aromatic heterocycles. The largest absolute Gasteiger partial charge is 0.479 e. The highest BCUT2D eigenvalue weighted by atomic mass is 35.5. The van der Waals surface area contributed by atoms with Gasteiger partial charge in [-0.1, -0.05) is 29.8 Å². The molecular formula is C20H15ClN2O3S. The van der Waals surface area contributed by atoms with Crippen molar-refractivity contribution in [1.29, 1.82) is 0 Å². The quantitative estimate of drug-likeness (QED) is 0.615. The molecule has 27 heavy (non-hydrogen) atoms. The zero-order chi connectivity index (χ0) is 19.0. The number of nitrogens with one attached hydrogen (secondary N) is 2. The zero-order valence-corrected chi connectivity index (χ0v) is 15.9. The van der Waals surface area contributed by atoms with Gasteiger partial charge in [-0.3, -0.25) is 9.59 Å². The van der Waals surface area contributed by atoms with Crippen LogP contribution in [-0.2, 0) is 9.59 Å². The van der Waals surface area contributed by atoms with Crippen LogP contribution in [-0.4, -0.2) is 17.9 Å². The molecule has 1 aliphatic heterocycles. The topological polar surface area (TPSA) is 67.4 Å². The number of anilines is 2. The van der Waals surface area contributed by atoms with Gasteiger partial charge in [-0.2, -0.15) is 0 Å². The van der Waals surface area contributed by atoms with Crippen molar-refractivity contribution in [1.82, 2.24) is 0 Å². The first-order chi connectivity index (χ1) is 13.0. The standard InChI is InChI=1S/C20H15ClN2O3S/c1-11-20(25)23-14-10-12(6-7-15(14)26-11)22-18(24)9-8-17-19(21)13-4-2-3-5-16(13)27-17/h2-11H,1H3,(H,22,24)(H,23,25)/b9-8+. The Hall–Kier alpha value is -2.83. The van der Waals surface area contributed by atoms with Crippen molar-refractivity contribution in [3.8, 4) is 5.75 Å². The summed E-state index contributed by atoms with van der Waals surface area (Å²) >= 11 is 7.91. The van der Waals surface area contributed by atoms with Gasteiger partial charge in [-0.05, 0) is 37.3 Å². The lowest BCUT2D eigenvalue weighted by Crippen LogP contribution is -2.34. The van der Waals surface area contributed by atoms with E-state index in [1.54, 1.807) is 31.2 Å². The third-order valence-electron chi connectivity index (χ3n) is 4.12. The van der Waals surface area contributed by atoms with E-state index in [4.69, 9.17) is 16.3 Å². The Kier molecular flexibility index (Phi) is 4.59. The van der Waals surface area contributed by atoms with E-state index in [0.29, 0.717) is 22.1 Å². The minimum atomic E-state index is -0.535. The summed E-state index contributed by atoms with van der Waals surface area (Å²) in [6.07, 6.45) is 2.60. The van der Waals surface area contributed by atoms with Gasteiger partial charge in [0.15, 0.2) is 6.10 Å². The molecule has 2 aromatic carbocycles. The number of hydrogen-bond acceptors (Lipinski definition) is 4. The molecule has 0 spiro atoms. The van der Waals surface area contributed by atoms with Crippen LogP contribution in [0, 0.1) is 0 Å². The van der Waals surface area contributed by atoms with E-state index in [1.807, 2.05) is 24.3 Å². The first-order valence-electron chi connectivity index (χ1n) is 8.29. The molecule has 0 saturated carbocycles. The molecule has 3 aromatic rings. The maximum absolute atomic E-state index is 12.2. The Morgan fingerprint density at radius 2 is 2.11 bits per heavy atom. The van der Waals surface area contributed by atoms with Crippen LogP contribution in [0.1, 0.15) is 11.8 Å². The summed E-state index contributed by atoms with van der Waals surface area (Å²) in [6, 6.07) is 12.9. The van der Waals surface area contributed by atoms with E-state index in [1.165, 1.54) is 17.4 Å². The molecule has 0 fully saturated rings. The summed E-state index contributed by atoms with van der Waals surface area (Å²) in [4.78, 5) is 24.8. The molecule has 1 unspecified atom stereocenters. The normalized spacial score (nSPS) is 16.1. The van der Waals surface area contributed by atoms with Gasteiger partial charge in [0, 0.05) is 26.7 Å². The number of rotatable bonds is 3. The molecule has 2 heterocycles. The lowest BCUT2D eigenvalue weighted by molar-refractivity contribution is -0.122. The van der Waals surface area contributed by atoms with Crippen molar-refractivity contribution in [2.75, 3.05) is 10.6 Å². The molecule has 0 saturated heterocycles. The van der Waals surface area contributed by atoms with E-state index in [0.717, 1.165) is 15.0 Å². The van der Waals surface area contributed by atoms with Crippen LogP contribution in [0.3, 0.4) is 0 Å². The highest BCUT2D eigenvalue weighted by molar-refractivity contribution is 7.20. The van der Waals surface area contributed by atoms with E-state index in [9.17, 15) is 9.59 Å². The smallest absolute Gasteiger partial charge is 0.265 e. The predicted molar refractivity (Wildman–Crippen MR) is 110 cm³/mol. The fraction of sp³-hybridized carbons (Fsp3) is 0.100. The van der Waals surface area contributed by atoms with E-state index in [-0.39, 0.29) is 11.8 Å². The maximum Gasteiger partial charge on any atom is 0.265 e. The van der Waals surface area contributed by atoms with E-state index in [2.05, 4.69) is 10.6 Å². The second-order valence-electron chi connectivity index (χ2n) is 6.06. The molecule has 5 nitrogen and oxygen atoms in total. The minimum Gasteiger partial charge on any atom is -0.479 e. The highest BCUT2D eigenvalue weighted by Gasteiger charge is 2.23. The van der Waals surface area contributed by atoms with Gasteiger partial charge in [0.1, 0.15) is 5.75 Å². The molecule has 136 valence electrons. The number of carbonyl (C=O) groups is 2. The van der Waals surface area contributed by atoms with Gasteiger partial charge in [0.25, 0.3) is 5.91 Å². The van der Waals surface area contributed by atoms with Crippen LogP contribution in [0.5, 0.6) is 5.75 Å². The number of ether oxygens (including phenoxy) is 1. The molecule has 0 bridgehead atoms. The van der Waals surface area contributed by atoms with Crippen LogP contribution in [0.2, 0.25) is 5.02 Å². The van der Waals surface area contributed by atoms with Crippen molar-refractivity contribution in [3.05, 3.63) is 58.4 Å². The molecule has 0 radical (unpaired) electrons. The van der Waals surface area contributed by atoms with E-state index < -0.39 is 6.10 Å². The Morgan fingerprint density at radius 1 is 1.30 bits per heavy atom. The van der Waals surface area contributed by atoms with Gasteiger partial charge in [-0.15, -0.1) is 11.3 Å². The molecule has 4 rings (SSSR count). The van der Waals surface area contributed by atoms with Crippen LogP contribution in [0.4, 0.5) is 11.4 Å². The fourth-order valence-electron chi connectivity index (χ4n) is 2.76. The number of halogens is 1. The number of carbonyl (C=O) groups excluding carboxylic acids is 2. The van der Waals surface area contributed by atoms with Crippen LogP contribution in [0.25, 0.3) is 16.2 Å². The van der Waals surface area contributed by atoms with Gasteiger partial charge in [0.2, 0.25) is 5.91 Å². The summed E-state index contributed by atoms with van der Waals surface area (Å²) in [5, 5.41) is 7.14. The Labute approximate surface area is 164 Å². The van der Waals surface area contributed by atoms with Crippen molar-refractivity contribution in [3.63, 3.8) is 0 Å². The molecule has 1 aliphatic rings. The summed E-state index contributed by atoms with van der Waals surface area (Å²) in [7, 11) is 0. The molecule has 7 heteroatoms. The summed E-state index contributed by atoms with van der Waals surface area (Å²) in [5.74, 6) is 0.0675. The number of benzene rings is 2. The molecular weight excluding hydrogens is 384 g/mol. The first kappa shape index (κ1) is 17.6. The van der Waals surface area contributed by atoms with Crippen molar-refractivity contribution >= 4 is 62.3 Å². The second-order valence-corrected chi connectivity index (χ2v) is 7.52. The van der Waals surface area contributed by atoms with Crippen molar-refractivity contribution in [2.24, 2.45) is 0 Å². The molecule has 0 aliphatic carbocycles. The average Bonchev–Trinajstić information content (AvgIpc) is 2.97. The van der Waals surface area contributed by atoms with E-state index >= 15 is 0 Å². The number of amides is 2. The lowest BCUT2D eigenvalue weighted by atomic mass is 10.2. The molecule has 2 amide bonds. The van der Waals surface area contributed by atoms with Crippen LogP contribution < -0.4 is 15.4 Å². The Morgan fingerprint density at radius 3 is 2.93 bits per heavy atom. The van der Waals surface area contributed by atoms with Crippen LogP contribution >= 0.6 is 22.9 Å². The first-order valence-corrected chi connectivity index (χ1v) is 9.48. The van der Waals surface area contributed by atoms with Crippen LogP contribution in [0.15, 0.2) is 48.5 Å². The predicted octanol–water partition coefficient (Wildman–Crippen LogP) is 4.93. The Bertz CT molecular complexity index is 1090. The Balaban J connectivity index is 1.49. The molecule has 2 N–H and O–H groups in total. The van der Waals surface area contributed by atoms with Crippen molar-refractivity contribution in [2.45, 2.75) is 13.0 Å². The minimum absolute atomic E-state index is 0.217. The number of fused-ring (bicyclic) bond motifs is 2. The zero-order valence-electron chi connectivity index (χ0n) is 14.3. The van der Waals surface area contributed by atoms with Gasteiger partial charge >= 0.3 is 0 Å². The van der Waals surface area contributed by atoms with Gasteiger partial charge in [0.05, 0.1) is 10.7 Å². The molecule has 1 atom stereocenters. The van der Waals surface area contributed by atoms with Crippen molar-refractivity contribution < 1.29 is 14.3 Å². The summed E-state index contributed by atoms with van der Waals surface area (Å²) in [5.41, 5.74) is 1.09. The SMILES string of the molecule is CC1Oc2ccc(NC(=O)/C=C/c3sc4ccccc4c3Cl)cc2NC1=O. The number of hydrogen-bond donors (Lipinski definition) is 2. The average molecular weight is 399 g/mol.